The minimum atomic E-state index is -1.58. The second kappa shape index (κ2) is 15.9. The number of aromatic nitrogens is 3. The van der Waals surface area contributed by atoms with Crippen molar-refractivity contribution in [1.29, 1.82) is 0 Å². The summed E-state index contributed by atoms with van der Waals surface area (Å²) in [4.78, 5) is 43.3. The van der Waals surface area contributed by atoms with Crippen molar-refractivity contribution in [2.45, 2.75) is 46.0 Å². The highest BCUT2D eigenvalue weighted by Crippen LogP contribution is 2.36. The van der Waals surface area contributed by atoms with Gasteiger partial charge in [0, 0.05) is 39.3 Å². The normalized spacial score (nSPS) is 17.3. The average Bonchev–Trinajstić information content (AvgIpc) is 3.73. The minimum absolute atomic E-state index is 0.205. The van der Waals surface area contributed by atoms with Crippen molar-refractivity contribution in [3.8, 4) is 0 Å². The Balaban J connectivity index is 0.000000407. The summed E-state index contributed by atoms with van der Waals surface area (Å²) in [5.41, 5.74) is 1.90. The lowest BCUT2D eigenvalue weighted by Gasteiger charge is -2.29. The van der Waals surface area contributed by atoms with Gasteiger partial charge in [-0.25, -0.2) is 9.97 Å². The number of ether oxygens (including phenoxy) is 1. The van der Waals surface area contributed by atoms with Crippen LogP contribution in [0.5, 0.6) is 0 Å². The second-order valence-electron chi connectivity index (χ2n) is 10.4. The Morgan fingerprint density at radius 2 is 1.60 bits per heavy atom. The molecule has 3 fully saturated rings. The van der Waals surface area contributed by atoms with Gasteiger partial charge in [0.2, 0.25) is 0 Å². The standard InChI is InChI=1S/C25H31N7O2S.C4H11O3P/c33-24(18-7-6-8-21(26-18)30-9-4-5-10-30)27-19-17-20-22(28-23(19)31-11-2-1-3-12-31)29-25(35-20)32-13-15-34-16-14-32;1-3-6-8(5)7-4-2/h6-8,17H,1-5,9-16H2,(H,27,33);5H,3-4H2,1-2H3. The van der Waals surface area contributed by atoms with Crippen LogP contribution >= 0.6 is 19.9 Å². The van der Waals surface area contributed by atoms with Crippen LogP contribution in [0.2, 0.25) is 0 Å². The number of piperidine rings is 1. The molecule has 3 aliphatic rings. The van der Waals surface area contributed by atoms with Crippen LogP contribution in [0, 0.1) is 0 Å². The van der Waals surface area contributed by atoms with E-state index in [0.29, 0.717) is 32.1 Å². The number of carbonyl (C=O) groups excluding carboxylic acids is 1. The van der Waals surface area contributed by atoms with Crippen molar-refractivity contribution in [3.63, 3.8) is 0 Å². The molecular formula is C29H42N7O5PS. The van der Waals surface area contributed by atoms with E-state index >= 15 is 0 Å². The highest BCUT2D eigenvalue weighted by Gasteiger charge is 2.23. The van der Waals surface area contributed by atoms with Crippen molar-refractivity contribution in [2.24, 2.45) is 0 Å². The second-order valence-corrected chi connectivity index (χ2v) is 12.4. The summed E-state index contributed by atoms with van der Waals surface area (Å²) in [6, 6.07) is 7.72. The largest absolute Gasteiger partial charge is 0.378 e. The molecule has 0 atom stereocenters. The van der Waals surface area contributed by atoms with E-state index in [9.17, 15) is 4.79 Å². The van der Waals surface area contributed by atoms with E-state index in [-0.39, 0.29) is 5.91 Å². The molecule has 14 heteroatoms. The lowest BCUT2D eigenvalue weighted by molar-refractivity contribution is 0.102. The fourth-order valence-electron chi connectivity index (χ4n) is 5.29. The van der Waals surface area contributed by atoms with Crippen LogP contribution in [0.4, 0.5) is 22.5 Å². The molecular weight excluding hydrogens is 589 g/mol. The number of anilines is 4. The van der Waals surface area contributed by atoms with Crippen LogP contribution < -0.4 is 20.0 Å². The Hall–Kier alpha value is -2.67. The molecule has 3 aromatic rings. The molecule has 0 spiro atoms. The van der Waals surface area contributed by atoms with E-state index in [2.05, 4.69) is 34.0 Å². The van der Waals surface area contributed by atoms with E-state index in [0.717, 1.165) is 84.9 Å². The third-order valence-electron chi connectivity index (χ3n) is 7.41. The molecule has 3 aliphatic heterocycles. The van der Waals surface area contributed by atoms with Gasteiger partial charge in [0.1, 0.15) is 11.5 Å². The molecule has 0 aromatic carbocycles. The van der Waals surface area contributed by atoms with Crippen molar-refractivity contribution in [1.82, 2.24) is 15.0 Å². The first kappa shape index (κ1) is 31.7. The maximum atomic E-state index is 13.3. The summed E-state index contributed by atoms with van der Waals surface area (Å²) in [6.45, 7) is 11.6. The first-order valence-corrected chi connectivity index (χ1v) is 17.2. The molecule has 12 nitrogen and oxygen atoms in total. The molecule has 1 amide bonds. The van der Waals surface area contributed by atoms with Gasteiger partial charge in [-0.05, 0) is 64.2 Å². The molecule has 0 radical (unpaired) electrons. The summed E-state index contributed by atoms with van der Waals surface area (Å²) in [5.74, 6) is 1.47. The van der Waals surface area contributed by atoms with Gasteiger partial charge >= 0.3 is 8.60 Å². The van der Waals surface area contributed by atoms with Crippen molar-refractivity contribution in [3.05, 3.63) is 30.0 Å². The van der Waals surface area contributed by atoms with E-state index in [4.69, 9.17) is 19.6 Å². The quantitative estimate of drug-likeness (QED) is 0.309. The monoisotopic (exact) mass is 631 g/mol. The number of hydrogen-bond donors (Lipinski definition) is 2. The molecule has 3 saturated heterocycles. The van der Waals surface area contributed by atoms with Gasteiger partial charge in [-0.15, -0.1) is 0 Å². The zero-order chi connectivity index (χ0) is 30.0. The van der Waals surface area contributed by atoms with E-state index in [1.165, 1.54) is 19.3 Å². The maximum Gasteiger partial charge on any atom is 0.329 e. The SMILES string of the molecule is CCOP(O)OCC.O=C(Nc1cc2sc(N3CCOCC3)nc2nc1N1CCCCC1)c1cccc(N2CCCC2)n1. The fraction of sp³-hybridized carbons (Fsp3) is 0.586. The molecule has 0 saturated carbocycles. The summed E-state index contributed by atoms with van der Waals surface area (Å²) in [5, 5.41) is 4.11. The Kier molecular flexibility index (Phi) is 11.7. The molecule has 0 aliphatic carbocycles. The fourth-order valence-corrected chi connectivity index (χ4v) is 6.80. The van der Waals surface area contributed by atoms with Crippen LogP contribution in [-0.4, -0.2) is 91.4 Å². The summed E-state index contributed by atoms with van der Waals surface area (Å²) in [6.07, 6.45) is 5.82. The lowest BCUT2D eigenvalue weighted by Crippen LogP contribution is -2.36. The maximum absolute atomic E-state index is 13.3. The number of pyridine rings is 2. The summed E-state index contributed by atoms with van der Waals surface area (Å²) in [7, 11) is -1.58. The number of nitrogens with one attached hydrogen (secondary N) is 1. The number of amides is 1. The first-order valence-electron chi connectivity index (χ1n) is 15.2. The van der Waals surface area contributed by atoms with Gasteiger partial charge in [0.15, 0.2) is 16.6 Å². The lowest BCUT2D eigenvalue weighted by atomic mass is 10.1. The molecule has 3 aromatic heterocycles. The average molecular weight is 632 g/mol. The highest BCUT2D eigenvalue weighted by molar-refractivity contribution is 7.40. The molecule has 6 rings (SSSR count). The number of nitrogens with zero attached hydrogens (tertiary/aromatic N) is 6. The Morgan fingerprint density at radius 3 is 2.30 bits per heavy atom. The van der Waals surface area contributed by atoms with Gasteiger partial charge in [-0.2, -0.15) is 4.98 Å². The van der Waals surface area contributed by atoms with Crippen molar-refractivity contribution < 1.29 is 23.5 Å². The molecule has 0 unspecified atom stereocenters. The molecule has 6 heterocycles. The van der Waals surface area contributed by atoms with Crippen LogP contribution in [0.25, 0.3) is 10.3 Å². The Morgan fingerprint density at radius 1 is 0.930 bits per heavy atom. The number of carbonyl (C=O) groups is 1. The van der Waals surface area contributed by atoms with Gasteiger partial charge in [-0.1, -0.05) is 17.4 Å². The first-order chi connectivity index (χ1) is 21.1. The van der Waals surface area contributed by atoms with E-state index in [1.54, 1.807) is 17.4 Å². The topological polar surface area (TPSA) is 125 Å². The predicted octanol–water partition coefficient (Wildman–Crippen LogP) is 5.04. The number of fused-ring (bicyclic) bond motifs is 1. The Labute approximate surface area is 258 Å². The number of thiazole rings is 1. The third kappa shape index (κ3) is 8.49. The zero-order valence-corrected chi connectivity index (χ0v) is 26.7. The molecule has 43 heavy (non-hydrogen) atoms. The van der Waals surface area contributed by atoms with Crippen molar-refractivity contribution in [2.75, 3.05) is 85.7 Å². The Bertz CT molecular complexity index is 1320. The molecule has 2 N–H and O–H groups in total. The van der Waals surface area contributed by atoms with Crippen LogP contribution in [0.3, 0.4) is 0 Å². The molecule has 234 valence electrons. The minimum Gasteiger partial charge on any atom is -0.378 e. The van der Waals surface area contributed by atoms with E-state index in [1.807, 2.05) is 32.0 Å². The van der Waals surface area contributed by atoms with Gasteiger partial charge < -0.3 is 38.7 Å². The van der Waals surface area contributed by atoms with Gasteiger partial charge in [-0.3, -0.25) is 4.79 Å². The number of hydrogen-bond acceptors (Lipinski definition) is 12. The smallest absolute Gasteiger partial charge is 0.329 e. The predicted molar refractivity (Wildman–Crippen MR) is 173 cm³/mol. The van der Waals surface area contributed by atoms with Crippen LogP contribution in [0.1, 0.15) is 56.4 Å². The number of morpholine rings is 1. The third-order valence-corrected chi connectivity index (χ3v) is 9.42. The molecule has 0 bridgehead atoms. The summed E-state index contributed by atoms with van der Waals surface area (Å²) < 4.78 is 15.8. The van der Waals surface area contributed by atoms with E-state index < -0.39 is 8.60 Å². The summed E-state index contributed by atoms with van der Waals surface area (Å²) >= 11 is 1.62. The van der Waals surface area contributed by atoms with Gasteiger partial charge in [0.25, 0.3) is 5.91 Å². The van der Waals surface area contributed by atoms with Crippen molar-refractivity contribution >= 4 is 58.6 Å². The zero-order valence-electron chi connectivity index (χ0n) is 25.0. The van der Waals surface area contributed by atoms with Gasteiger partial charge in [0.05, 0.1) is 36.8 Å². The number of rotatable bonds is 9. The highest BCUT2D eigenvalue weighted by atomic mass is 32.1. The van der Waals surface area contributed by atoms with Crippen LogP contribution in [-0.2, 0) is 13.8 Å². The van der Waals surface area contributed by atoms with Crippen LogP contribution in [0.15, 0.2) is 24.3 Å².